The molecule has 0 bridgehead atoms. The minimum atomic E-state index is 0.169. The largest absolute Gasteiger partial charge is 0.367 e. The van der Waals surface area contributed by atoms with Crippen LogP contribution in [0.1, 0.15) is 63.8 Å². The summed E-state index contributed by atoms with van der Waals surface area (Å²) in [6.07, 6.45) is 4.96. The SMILES string of the molecule is CCCCCC(C)Nc1cc(C)nc(N[C@H](C)c2ccccc2)n1. The predicted molar refractivity (Wildman–Crippen MR) is 102 cm³/mol. The van der Waals surface area contributed by atoms with Gasteiger partial charge in [0.1, 0.15) is 5.82 Å². The van der Waals surface area contributed by atoms with Gasteiger partial charge >= 0.3 is 0 Å². The monoisotopic (exact) mass is 326 g/mol. The van der Waals surface area contributed by atoms with Crippen molar-refractivity contribution in [2.75, 3.05) is 10.6 Å². The van der Waals surface area contributed by atoms with Crippen LogP contribution in [0.15, 0.2) is 36.4 Å². The smallest absolute Gasteiger partial charge is 0.225 e. The molecule has 1 heterocycles. The number of benzene rings is 1. The summed E-state index contributed by atoms with van der Waals surface area (Å²) in [6.45, 7) is 8.58. The molecular weight excluding hydrogens is 296 g/mol. The molecule has 0 saturated carbocycles. The molecule has 2 atom stereocenters. The van der Waals surface area contributed by atoms with Crippen LogP contribution in [0.25, 0.3) is 0 Å². The van der Waals surface area contributed by atoms with Crippen molar-refractivity contribution >= 4 is 11.8 Å². The van der Waals surface area contributed by atoms with Crippen LogP contribution in [0.5, 0.6) is 0 Å². The van der Waals surface area contributed by atoms with Crippen LogP contribution in [-0.4, -0.2) is 16.0 Å². The standard InChI is InChI=1S/C20H30N4/c1-5-6-8-11-15(2)21-19-14-16(3)22-20(24-19)23-17(4)18-12-9-7-10-13-18/h7,9-10,12-15,17H,5-6,8,11H2,1-4H3,(H2,21,22,23,24)/t15?,17-/m1/s1. The first-order chi connectivity index (χ1) is 11.6. The van der Waals surface area contributed by atoms with Crippen molar-refractivity contribution in [3.8, 4) is 0 Å². The Morgan fingerprint density at radius 3 is 2.46 bits per heavy atom. The third-order valence-corrected chi connectivity index (χ3v) is 4.13. The first kappa shape index (κ1) is 18.2. The number of anilines is 2. The quantitative estimate of drug-likeness (QED) is 0.611. The highest BCUT2D eigenvalue weighted by molar-refractivity contribution is 5.44. The number of nitrogens with zero attached hydrogens (tertiary/aromatic N) is 2. The number of unbranched alkanes of at least 4 members (excludes halogenated alkanes) is 2. The number of aromatic nitrogens is 2. The zero-order valence-corrected chi connectivity index (χ0v) is 15.3. The molecule has 0 aliphatic heterocycles. The summed E-state index contributed by atoms with van der Waals surface area (Å²) in [5.41, 5.74) is 2.20. The van der Waals surface area contributed by atoms with Crippen LogP contribution < -0.4 is 10.6 Å². The number of nitrogens with one attached hydrogen (secondary N) is 2. The van der Waals surface area contributed by atoms with E-state index in [9.17, 15) is 0 Å². The van der Waals surface area contributed by atoms with Crippen molar-refractivity contribution in [2.24, 2.45) is 0 Å². The molecule has 0 spiro atoms. The molecule has 0 aliphatic carbocycles. The molecule has 2 rings (SSSR count). The molecule has 2 aromatic rings. The lowest BCUT2D eigenvalue weighted by Crippen LogP contribution is -2.17. The third kappa shape index (κ3) is 5.84. The summed E-state index contributed by atoms with van der Waals surface area (Å²) in [7, 11) is 0. The summed E-state index contributed by atoms with van der Waals surface area (Å²) < 4.78 is 0. The van der Waals surface area contributed by atoms with E-state index in [0.717, 1.165) is 11.5 Å². The average Bonchev–Trinajstić information content (AvgIpc) is 2.55. The number of hydrogen-bond donors (Lipinski definition) is 2. The molecule has 1 unspecified atom stereocenters. The van der Waals surface area contributed by atoms with Gasteiger partial charge in [-0.2, -0.15) is 4.98 Å². The highest BCUT2D eigenvalue weighted by atomic mass is 15.2. The van der Waals surface area contributed by atoms with E-state index in [0.29, 0.717) is 12.0 Å². The second-order valence-electron chi connectivity index (χ2n) is 6.54. The van der Waals surface area contributed by atoms with Crippen molar-refractivity contribution in [3.05, 3.63) is 47.7 Å². The maximum atomic E-state index is 4.63. The molecular formula is C20H30N4. The van der Waals surface area contributed by atoms with Gasteiger partial charge in [0, 0.05) is 17.8 Å². The lowest BCUT2D eigenvalue weighted by Gasteiger charge is -2.18. The Balaban J connectivity index is 2.00. The van der Waals surface area contributed by atoms with Crippen LogP contribution >= 0.6 is 0 Å². The summed E-state index contributed by atoms with van der Waals surface area (Å²) >= 11 is 0. The van der Waals surface area contributed by atoms with Gasteiger partial charge in [-0.15, -0.1) is 0 Å². The van der Waals surface area contributed by atoms with Crippen molar-refractivity contribution in [1.29, 1.82) is 0 Å². The summed E-state index contributed by atoms with van der Waals surface area (Å²) in [6, 6.07) is 13.0. The van der Waals surface area contributed by atoms with E-state index in [1.165, 1.54) is 31.2 Å². The van der Waals surface area contributed by atoms with E-state index in [4.69, 9.17) is 0 Å². The predicted octanol–water partition coefficient (Wildman–Crippen LogP) is 5.34. The van der Waals surface area contributed by atoms with E-state index < -0.39 is 0 Å². The van der Waals surface area contributed by atoms with Gasteiger partial charge in [0.15, 0.2) is 0 Å². The van der Waals surface area contributed by atoms with Crippen molar-refractivity contribution in [2.45, 2.75) is 65.5 Å². The molecule has 4 heteroatoms. The first-order valence-electron chi connectivity index (χ1n) is 9.02. The Morgan fingerprint density at radius 1 is 1.00 bits per heavy atom. The first-order valence-corrected chi connectivity index (χ1v) is 9.02. The minimum absolute atomic E-state index is 0.169. The summed E-state index contributed by atoms with van der Waals surface area (Å²) in [5.74, 6) is 1.57. The van der Waals surface area contributed by atoms with Crippen molar-refractivity contribution in [1.82, 2.24) is 9.97 Å². The van der Waals surface area contributed by atoms with Gasteiger partial charge in [-0.1, -0.05) is 56.5 Å². The van der Waals surface area contributed by atoms with Crippen LogP contribution in [0.4, 0.5) is 11.8 Å². The van der Waals surface area contributed by atoms with Gasteiger partial charge in [-0.25, -0.2) is 4.98 Å². The molecule has 2 N–H and O–H groups in total. The fraction of sp³-hybridized carbons (Fsp3) is 0.500. The maximum absolute atomic E-state index is 4.63. The van der Waals surface area contributed by atoms with E-state index in [2.05, 4.69) is 65.6 Å². The molecule has 0 saturated heterocycles. The topological polar surface area (TPSA) is 49.8 Å². The van der Waals surface area contributed by atoms with E-state index in [-0.39, 0.29) is 6.04 Å². The Bertz CT molecular complexity index is 612. The van der Waals surface area contributed by atoms with Crippen LogP contribution in [0.3, 0.4) is 0 Å². The van der Waals surface area contributed by atoms with E-state index in [1.807, 2.05) is 19.1 Å². The van der Waals surface area contributed by atoms with Gasteiger partial charge in [0.05, 0.1) is 6.04 Å². The maximum Gasteiger partial charge on any atom is 0.225 e. The fourth-order valence-electron chi connectivity index (χ4n) is 2.75. The van der Waals surface area contributed by atoms with Crippen LogP contribution in [0.2, 0.25) is 0 Å². The number of aryl methyl sites for hydroxylation is 1. The molecule has 0 amide bonds. The summed E-state index contributed by atoms with van der Waals surface area (Å²) in [5, 5.41) is 6.91. The Hall–Kier alpha value is -2.10. The van der Waals surface area contributed by atoms with Gasteiger partial charge in [-0.05, 0) is 32.8 Å². The van der Waals surface area contributed by atoms with Crippen molar-refractivity contribution < 1.29 is 0 Å². The zero-order valence-electron chi connectivity index (χ0n) is 15.3. The second kappa shape index (κ2) is 9.26. The fourth-order valence-corrected chi connectivity index (χ4v) is 2.75. The third-order valence-electron chi connectivity index (χ3n) is 4.13. The highest BCUT2D eigenvalue weighted by Gasteiger charge is 2.09. The van der Waals surface area contributed by atoms with Crippen LogP contribution in [-0.2, 0) is 0 Å². The molecule has 4 nitrogen and oxygen atoms in total. The average molecular weight is 326 g/mol. The second-order valence-corrected chi connectivity index (χ2v) is 6.54. The van der Waals surface area contributed by atoms with Gasteiger partial charge in [-0.3, -0.25) is 0 Å². The molecule has 0 radical (unpaired) electrons. The minimum Gasteiger partial charge on any atom is -0.367 e. The molecule has 1 aromatic carbocycles. The molecule has 130 valence electrons. The molecule has 1 aromatic heterocycles. The molecule has 0 fully saturated rings. The van der Waals surface area contributed by atoms with Crippen LogP contribution in [0, 0.1) is 6.92 Å². The Kier molecular flexibility index (Phi) is 7.04. The Morgan fingerprint density at radius 2 is 1.75 bits per heavy atom. The van der Waals surface area contributed by atoms with E-state index >= 15 is 0 Å². The zero-order chi connectivity index (χ0) is 17.4. The Labute approximate surface area is 146 Å². The van der Waals surface area contributed by atoms with Crippen molar-refractivity contribution in [3.63, 3.8) is 0 Å². The lowest BCUT2D eigenvalue weighted by atomic mass is 10.1. The highest BCUT2D eigenvalue weighted by Crippen LogP contribution is 2.19. The van der Waals surface area contributed by atoms with Gasteiger partial charge < -0.3 is 10.6 Å². The summed E-state index contributed by atoms with van der Waals surface area (Å²) in [4.78, 5) is 9.15. The molecule has 0 aliphatic rings. The molecule has 24 heavy (non-hydrogen) atoms. The van der Waals surface area contributed by atoms with Gasteiger partial charge in [0.2, 0.25) is 5.95 Å². The normalized spacial score (nSPS) is 13.3. The lowest BCUT2D eigenvalue weighted by molar-refractivity contribution is 0.613. The number of hydrogen-bond acceptors (Lipinski definition) is 4. The van der Waals surface area contributed by atoms with Gasteiger partial charge in [0.25, 0.3) is 0 Å². The van der Waals surface area contributed by atoms with E-state index in [1.54, 1.807) is 0 Å². The number of rotatable bonds is 9.